The molecule has 2 saturated heterocycles. The van der Waals surface area contributed by atoms with Gasteiger partial charge in [-0.1, -0.05) is 0 Å². The topological polar surface area (TPSA) is 24.5 Å². The zero-order valence-electron chi connectivity index (χ0n) is 8.32. The summed E-state index contributed by atoms with van der Waals surface area (Å²) in [4.78, 5) is 2.40. The minimum absolute atomic E-state index is 0. The van der Waals surface area contributed by atoms with E-state index in [9.17, 15) is 0 Å². The Balaban J connectivity index is 0.000000845. The summed E-state index contributed by atoms with van der Waals surface area (Å²) < 4.78 is 5.67. The Labute approximate surface area is 86.2 Å². The predicted octanol–water partition coefficient (Wildman–Crippen LogP) is 0.837. The minimum Gasteiger partial charge on any atom is -0.360 e. The molecule has 0 aliphatic carbocycles. The van der Waals surface area contributed by atoms with Crippen molar-refractivity contribution in [3.05, 3.63) is 0 Å². The highest BCUT2D eigenvalue weighted by Gasteiger charge is 2.33. The Hall–Kier alpha value is 0.170. The summed E-state index contributed by atoms with van der Waals surface area (Å²) in [6.07, 6.45) is 2.88. The fourth-order valence-corrected chi connectivity index (χ4v) is 2.17. The molecular formula is C9H19ClN2O. The third-order valence-electron chi connectivity index (χ3n) is 2.90. The van der Waals surface area contributed by atoms with Crippen molar-refractivity contribution in [1.29, 1.82) is 0 Å². The molecule has 0 bridgehead atoms. The molecule has 3 unspecified atom stereocenters. The van der Waals surface area contributed by atoms with E-state index >= 15 is 0 Å². The van der Waals surface area contributed by atoms with Gasteiger partial charge in [0.2, 0.25) is 0 Å². The highest BCUT2D eigenvalue weighted by Crippen LogP contribution is 2.21. The minimum atomic E-state index is 0. The number of nitrogens with zero attached hydrogens (tertiary/aromatic N) is 1. The van der Waals surface area contributed by atoms with Gasteiger partial charge in [0.25, 0.3) is 0 Å². The molecule has 4 heteroatoms. The third kappa shape index (κ3) is 2.34. The van der Waals surface area contributed by atoms with E-state index in [1.165, 1.54) is 19.4 Å². The second-order valence-corrected chi connectivity index (χ2v) is 4.01. The monoisotopic (exact) mass is 206 g/mol. The van der Waals surface area contributed by atoms with Gasteiger partial charge in [0.1, 0.15) is 6.23 Å². The van der Waals surface area contributed by atoms with Gasteiger partial charge in [-0.25, -0.2) is 0 Å². The standard InChI is InChI=1S/C9H18N2O.ClH/c1-7-6-12-9(10-7)8-4-3-5-11(8)2;/h7-10H,3-6H2,1-2H3;1H. The Morgan fingerprint density at radius 2 is 2.23 bits per heavy atom. The number of hydrogen-bond donors (Lipinski definition) is 1. The molecule has 0 saturated carbocycles. The first-order valence-electron chi connectivity index (χ1n) is 4.85. The second kappa shape index (κ2) is 4.60. The van der Waals surface area contributed by atoms with Crippen LogP contribution in [0.5, 0.6) is 0 Å². The average Bonchev–Trinajstić information content (AvgIpc) is 2.58. The van der Waals surface area contributed by atoms with Gasteiger partial charge >= 0.3 is 0 Å². The molecule has 2 heterocycles. The van der Waals surface area contributed by atoms with E-state index in [2.05, 4.69) is 24.2 Å². The lowest BCUT2D eigenvalue weighted by atomic mass is 10.2. The average molecular weight is 207 g/mol. The molecule has 0 aromatic heterocycles. The van der Waals surface area contributed by atoms with Crippen LogP contribution in [0.4, 0.5) is 0 Å². The molecule has 2 aliphatic rings. The van der Waals surface area contributed by atoms with Crippen molar-refractivity contribution in [2.45, 2.75) is 38.1 Å². The van der Waals surface area contributed by atoms with Crippen LogP contribution in [0.2, 0.25) is 0 Å². The maximum Gasteiger partial charge on any atom is 0.124 e. The normalized spacial score (nSPS) is 40.6. The van der Waals surface area contributed by atoms with Crippen molar-refractivity contribution in [2.75, 3.05) is 20.2 Å². The van der Waals surface area contributed by atoms with Crippen LogP contribution in [-0.4, -0.2) is 43.4 Å². The van der Waals surface area contributed by atoms with Gasteiger partial charge in [0, 0.05) is 12.1 Å². The van der Waals surface area contributed by atoms with Gasteiger partial charge < -0.3 is 4.74 Å². The van der Waals surface area contributed by atoms with E-state index in [1.54, 1.807) is 0 Å². The summed E-state index contributed by atoms with van der Waals surface area (Å²) in [6, 6.07) is 1.14. The number of hydrogen-bond acceptors (Lipinski definition) is 3. The van der Waals surface area contributed by atoms with Gasteiger partial charge in [-0.3, -0.25) is 10.2 Å². The second-order valence-electron chi connectivity index (χ2n) is 4.01. The van der Waals surface area contributed by atoms with E-state index in [0.29, 0.717) is 12.1 Å². The molecule has 78 valence electrons. The van der Waals surface area contributed by atoms with Crippen molar-refractivity contribution in [3.8, 4) is 0 Å². The fraction of sp³-hybridized carbons (Fsp3) is 1.00. The zero-order valence-corrected chi connectivity index (χ0v) is 9.14. The summed E-state index contributed by atoms with van der Waals surface area (Å²) in [5.74, 6) is 0. The lowest BCUT2D eigenvalue weighted by Gasteiger charge is -2.25. The Morgan fingerprint density at radius 1 is 1.46 bits per heavy atom. The van der Waals surface area contributed by atoms with Gasteiger partial charge in [-0.2, -0.15) is 0 Å². The molecule has 3 atom stereocenters. The molecule has 2 fully saturated rings. The molecule has 1 N–H and O–H groups in total. The molecule has 2 rings (SSSR count). The first kappa shape index (κ1) is 11.2. The van der Waals surface area contributed by atoms with Crippen molar-refractivity contribution < 1.29 is 4.74 Å². The number of likely N-dealkylation sites (N-methyl/N-ethyl adjacent to an activating group) is 1. The van der Waals surface area contributed by atoms with Gasteiger partial charge in [0.15, 0.2) is 0 Å². The molecule has 0 spiro atoms. The lowest BCUT2D eigenvalue weighted by Crippen LogP contribution is -2.44. The summed E-state index contributed by atoms with van der Waals surface area (Å²) >= 11 is 0. The molecule has 0 aromatic carbocycles. The van der Waals surface area contributed by atoms with E-state index < -0.39 is 0 Å². The van der Waals surface area contributed by atoms with E-state index in [0.717, 1.165) is 6.61 Å². The maximum absolute atomic E-state index is 5.67. The van der Waals surface area contributed by atoms with Crippen LogP contribution < -0.4 is 5.32 Å². The quantitative estimate of drug-likeness (QED) is 0.688. The molecular weight excluding hydrogens is 188 g/mol. The summed E-state index contributed by atoms with van der Waals surface area (Å²) in [6.45, 7) is 4.27. The van der Waals surface area contributed by atoms with Crippen molar-refractivity contribution >= 4 is 12.4 Å². The number of halogens is 1. The smallest absolute Gasteiger partial charge is 0.124 e. The highest BCUT2D eigenvalue weighted by molar-refractivity contribution is 5.85. The number of nitrogens with one attached hydrogen (secondary N) is 1. The number of rotatable bonds is 1. The number of likely N-dealkylation sites (tertiary alicyclic amines) is 1. The van der Waals surface area contributed by atoms with Crippen LogP contribution in [-0.2, 0) is 4.74 Å². The third-order valence-corrected chi connectivity index (χ3v) is 2.90. The highest BCUT2D eigenvalue weighted by atomic mass is 35.5. The summed E-state index contributed by atoms with van der Waals surface area (Å²) in [5, 5.41) is 3.46. The fourth-order valence-electron chi connectivity index (χ4n) is 2.17. The van der Waals surface area contributed by atoms with Crippen molar-refractivity contribution in [2.24, 2.45) is 0 Å². The van der Waals surface area contributed by atoms with Crippen LogP contribution >= 0.6 is 12.4 Å². The van der Waals surface area contributed by atoms with Crippen LogP contribution in [0.25, 0.3) is 0 Å². The van der Waals surface area contributed by atoms with Crippen LogP contribution in [0.1, 0.15) is 19.8 Å². The largest absolute Gasteiger partial charge is 0.360 e. The Kier molecular flexibility index (Phi) is 3.98. The Morgan fingerprint density at radius 3 is 2.69 bits per heavy atom. The van der Waals surface area contributed by atoms with Crippen molar-refractivity contribution in [1.82, 2.24) is 10.2 Å². The molecule has 13 heavy (non-hydrogen) atoms. The maximum atomic E-state index is 5.67. The molecule has 0 amide bonds. The van der Waals surface area contributed by atoms with Gasteiger partial charge in [0.05, 0.1) is 6.61 Å². The van der Waals surface area contributed by atoms with Crippen LogP contribution in [0.3, 0.4) is 0 Å². The van der Waals surface area contributed by atoms with Gasteiger partial charge in [-0.05, 0) is 33.4 Å². The van der Waals surface area contributed by atoms with E-state index in [4.69, 9.17) is 4.74 Å². The Bertz CT molecular complexity index is 168. The molecule has 2 aliphatic heterocycles. The molecule has 0 aromatic rings. The van der Waals surface area contributed by atoms with Crippen LogP contribution in [0, 0.1) is 0 Å². The van der Waals surface area contributed by atoms with Crippen molar-refractivity contribution in [3.63, 3.8) is 0 Å². The first-order valence-corrected chi connectivity index (χ1v) is 4.85. The van der Waals surface area contributed by atoms with Gasteiger partial charge in [-0.15, -0.1) is 12.4 Å². The predicted molar refractivity (Wildman–Crippen MR) is 55.2 cm³/mol. The molecule has 3 nitrogen and oxygen atoms in total. The van der Waals surface area contributed by atoms with Crippen LogP contribution in [0.15, 0.2) is 0 Å². The lowest BCUT2D eigenvalue weighted by molar-refractivity contribution is 0.0396. The van der Waals surface area contributed by atoms with E-state index in [-0.39, 0.29) is 18.6 Å². The molecule has 0 radical (unpaired) electrons. The first-order chi connectivity index (χ1) is 5.77. The SMILES string of the molecule is CC1COC(C2CCCN2C)N1.Cl. The zero-order chi connectivity index (χ0) is 8.55. The number of ether oxygens (including phenoxy) is 1. The summed E-state index contributed by atoms with van der Waals surface area (Å²) in [7, 11) is 2.19. The van der Waals surface area contributed by atoms with E-state index in [1.807, 2.05) is 0 Å². The summed E-state index contributed by atoms with van der Waals surface area (Å²) in [5.41, 5.74) is 0.